The third kappa shape index (κ3) is 6.38. The van der Waals surface area contributed by atoms with Gasteiger partial charge < -0.3 is 5.32 Å². The van der Waals surface area contributed by atoms with Gasteiger partial charge in [0.05, 0.1) is 10.1 Å². The number of sulfonamides is 1. The first-order valence-corrected chi connectivity index (χ1v) is 8.24. The summed E-state index contributed by atoms with van der Waals surface area (Å²) in [7, 11) is -1.33. The molecule has 0 spiro atoms. The monoisotopic (exact) mass is 296 g/mol. The Hall–Kier alpha value is -0.140. The van der Waals surface area contributed by atoms with Crippen LogP contribution in [-0.2, 0) is 16.4 Å². The number of halogens is 1. The van der Waals surface area contributed by atoms with Crippen molar-refractivity contribution >= 4 is 33.0 Å². The van der Waals surface area contributed by atoms with Gasteiger partial charge in [0.25, 0.3) is 0 Å². The minimum absolute atomic E-state index is 0.166. The Morgan fingerprint density at radius 3 is 2.71 bits per heavy atom. The minimum atomic E-state index is -3.14. The predicted octanol–water partition coefficient (Wildman–Crippen LogP) is 1.47. The largest absolute Gasteiger partial charge is 0.320 e. The fourth-order valence-corrected chi connectivity index (χ4v) is 3.50. The highest BCUT2D eigenvalue weighted by molar-refractivity contribution is 7.89. The van der Waals surface area contributed by atoms with Gasteiger partial charge in [-0.1, -0.05) is 11.6 Å². The molecule has 0 saturated heterocycles. The number of hydrogen-bond donors (Lipinski definition) is 2. The maximum Gasteiger partial charge on any atom is 0.211 e. The van der Waals surface area contributed by atoms with Crippen LogP contribution < -0.4 is 10.0 Å². The summed E-state index contributed by atoms with van der Waals surface area (Å²) in [6.07, 6.45) is 1.30. The van der Waals surface area contributed by atoms with Crippen molar-refractivity contribution in [1.29, 1.82) is 0 Å². The highest BCUT2D eigenvalue weighted by Gasteiger charge is 2.08. The zero-order chi connectivity index (χ0) is 12.7. The third-order valence-electron chi connectivity index (χ3n) is 2.16. The Kier molecular flexibility index (Phi) is 6.43. The summed E-state index contributed by atoms with van der Waals surface area (Å²) >= 11 is 7.27. The summed E-state index contributed by atoms with van der Waals surface area (Å²) in [5.74, 6) is 0.166. The lowest BCUT2D eigenvalue weighted by Crippen LogP contribution is -2.29. The number of hydrogen-bond acceptors (Lipinski definition) is 4. The van der Waals surface area contributed by atoms with Crippen LogP contribution in [0.1, 0.15) is 11.3 Å². The fourth-order valence-electron chi connectivity index (χ4n) is 1.33. The summed E-state index contributed by atoms with van der Waals surface area (Å²) in [4.78, 5) is 1.09. The molecule has 1 rings (SSSR count). The molecule has 0 aliphatic carbocycles. The van der Waals surface area contributed by atoms with Gasteiger partial charge in [-0.3, -0.25) is 0 Å². The van der Waals surface area contributed by atoms with Crippen LogP contribution >= 0.6 is 22.9 Å². The highest BCUT2D eigenvalue weighted by Crippen LogP contribution is 2.21. The zero-order valence-corrected chi connectivity index (χ0v) is 12.1. The lowest BCUT2D eigenvalue weighted by Gasteiger charge is -2.05. The topological polar surface area (TPSA) is 58.2 Å². The summed E-state index contributed by atoms with van der Waals surface area (Å²) in [5, 5.41) is 2.92. The molecule has 1 heterocycles. The van der Waals surface area contributed by atoms with Gasteiger partial charge in [-0.05, 0) is 38.6 Å². The second-order valence-electron chi connectivity index (χ2n) is 3.63. The van der Waals surface area contributed by atoms with E-state index in [1.165, 1.54) is 11.3 Å². The van der Waals surface area contributed by atoms with Crippen molar-refractivity contribution in [2.24, 2.45) is 0 Å². The Balaban J connectivity index is 2.25. The van der Waals surface area contributed by atoms with Gasteiger partial charge in [0.15, 0.2) is 0 Å². The molecule has 0 aromatic carbocycles. The van der Waals surface area contributed by atoms with Gasteiger partial charge in [0, 0.05) is 11.4 Å². The Labute approximate surface area is 111 Å². The van der Waals surface area contributed by atoms with Crippen LogP contribution in [0.2, 0.25) is 4.34 Å². The molecule has 7 heteroatoms. The van der Waals surface area contributed by atoms with Crippen molar-refractivity contribution < 1.29 is 8.42 Å². The highest BCUT2D eigenvalue weighted by atomic mass is 35.5. The second-order valence-corrected chi connectivity index (χ2v) is 7.35. The SMILES string of the molecule is CNCCCS(=O)(=O)NCCc1ccc(Cl)s1. The molecule has 0 amide bonds. The van der Waals surface area contributed by atoms with Crippen LogP contribution in [0.25, 0.3) is 0 Å². The average Bonchev–Trinajstić information content (AvgIpc) is 2.64. The molecule has 0 fully saturated rings. The van der Waals surface area contributed by atoms with Gasteiger partial charge in [-0.2, -0.15) is 0 Å². The van der Waals surface area contributed by atoms with Gasteiger partial charge in [0.2, 0.25) is 10.0 Å². The lowest BCUT2D eigenvalue weighted by molar-refractivity contribution is 0.577. The molecule has 0 aliphatic rings. The molecule has 0 unspecified atom stereocenters. The molecule has 0 saturated carbocycles. The predicted molar refractivity (Wildman–Crippen MR) is 73.4 cm³/mol. The second kappa shape index (κ2) is 7.33. The first kappa shape index (κ1) is 14.9. The van der Waals surface area contributed by atoms with E-state index in [4.69, 9.17) is 11.6 Å². The first-order chi connectivity index (χ1) is 8.03. The molecule has 0 radical (unpaired) electrons. The summed E-state index contributed by atoms with van der Waals surface area (Å²) in [6.45, 7) is 1.14. The van der Waals surface area contributed by atoms with Crippen molar-refractivity contribution in [2.45, 2.75) is 12.8 Å². The smallest absolute Gasteiger partial charge is 0.211 e. The Bertz CT molecular complexity index is 431. The first-order valence-electron chi connectivity index (χ1n) is 5.39. The van der Waals surface area contributed by atoms with E-state index < -0.39 is 10.0 Å². The quantitative estimate of drug-likeness (QED) is 0.714. The molecule has 0 bridgehead atoms. The zero-order valence-electron chi connectivity index (χ0n) is 9.70. The van der Waals surface area contributed by atoms with E-state index in [0.29, 0.717) is 25.9 Å². The van der Waals surface area contributed by atoms with Crippen molar-refractivity contribution in [3.8, 4) is 0 Å². The van der Waals surface area contributed by atoms with Crippen LogP contribution in [0.4, 0.5) is 0 Å². The summed E-state index contributed by atoms with van der Waals surface area (Å²) < 4.78 is 26.4. The van der Waals surface area contributed by atoms with E-state index in [2.05, 4.69) is 10.0 Å². The lowest BCUT2D eigenvalue weighted by atomic mass is 10.3. The fraction of sp³-hybridized carbons (Fsp3) is 0.600. The van der Waals surface area contributed by atoms with E-state index >= 15 is 0 Å². The molecule has 4 nitrogen and oxygen atoms in total. The van der Waals surface area contributed by atoms with Gasteiger partial charge in [-0.15, -0.1) is 11.3 Å². The maximum atomic E-state index is 11.5. The number of nitrogens with one attached hydrogen (secondary N) is 2. The third-order valence-corrected chi connectivity index (χ3v) is 4.92. The van der Waals surface area contributed by atoms with Crippen LogP contribution in [0.5, 0.6) is 0 Å². The van der Waals surface area contributed by atoms with E-state index in [9.17, 15) is 8.42 Å². The summed E-state index contributed by atoms with van der Waals surface area (Å²) in [5.41, 5.74) is 0. The van der Waals surface area contributed by atoms with Crippen molar-refractivity contribution in [3.05, 3.63) is 21.3 Å². The molecule has 0 atom stereocenters. The Morgan fingerprint density at radius 1 is 1.35 bits per heavy atom. The van der Waals surface area contributed by atoms with Crippen molar-refractivity contribution in [3.63, 3.8) is 0 Å². The van der Waals surface area contributed by atoms with E-state index in [1.807, 2.05) is 12.1 Å². The molecule has 1 aromatic rings. The molecule has 0 aliphatic heterocycles. The van der Waals surface area contributed by atoms with E-state index in [-0.39, 0.29) is 5.75 Å². The number of thiophene rings is 1. The molecule has 2 N–H and O–H groups in total. The normalized spacial score (nSPS) is 11.9. The van der Waals surface area contributed by atoms with E-state index in [1.54, 1.807) is 7.05 Å². The van der Waals surface area contributed by atoms with Gasteiger partial charge in [0.1, 0.15) is 0 Å². The van der Waals surface area contributed by atoms with Gasteiger partial charge >= 0.3 is 0 Å². The molecular formula is C10H17ClN2O2S2. The Morgan fingerprint density at radius 2 is 2.12 bits per heavy atom. The molecule has 17 heavy (non-hydrogen) atoms. The van der Waals surface area contributed by atoms with Crippen LogP contribution in [0.3, 0.4) is 0 Å². The van der Waals surface area contributed by atoms with Crippen molar-refractivity contribution in [2.75, 3.05) is 25.9 Å². The minimum Gasteiger partial charge on any atom is -0.320 e. The number of rotatable bonds is 8. The molecule has 98 valence electrons. The summed E-state index contributed by atoms with van der Waals surface area (Å²) in [6, 6.07) is 3.74. The average molecular weight is 297 g/mol. The van der Waals surface area contributed by atoms with Crippen LogP contribution in [0.15, 0.2) is 12.1 Å². The van der Waals surface area contributed by atoms with Crippen molar-refractivity contribution in [1.82, 2.24) is 10.0 Å². The standard InChI is InChI=1S/C10H17ClN2O2S2/c1-12-6-2-8-17(14,15)13-7-5-9-3-4-10(11)16-9/h3-4,12-13H,2,5-8H2,1H3. The molecule has 1 aromatic heterocycles. The molecular weight excluding hydrogens is 280 g/mol. The van der Waals surface area contributed by atoms with Crippen LogP contribution in [0, 0.1) is 0 Å². The van der Waals surface area contributed by atoms with Crippen LogP contribution in [-0.4, -0.2) is 34.3 Å². The van der Waals surface area contributed by atoms with Gasteiger partial charge in [-0.25, -0.2) is 13.1 Å². The maximum absolute atomic E-state index is 11.5. The van der Waals surface area contributed by atoms with E-state index in [0.717, 1.165) is 9.21 Å².